The van der Waals surface area contributed by atoms with E-state index >= 15 is 0 Å². The van der Waals surface area contributed by atoms with Crippen molar-refractivity contribution in [2.45, 2.75) is 46.5 Å². The molecule has 0 atom stereocenters. The number of hydrogen-bond acceptors (Lipinski definition) is 7. The fourth-order valence-corrected chi connectivity index (χ4v) is 6.40. The maximum atomic E-state index is 13.0. The number of nitrogens with one attached hydrogen (secondary N) is 1. The summed E-state index contributed by atoms with van der Waals surface area (Å²) in [7, 11) is -5.83. The van der Waals surface area contributed by atoms with Gasteiger partial charge in [0.05, 0.1) is 29.2 Å². The third-order valence-electron chi connectivity index (χ3n) is 4.95. The van der Waals surface area contributed by atoms with Gasteiger partial charge in [0.1, 0.15) is 6.61 Å². The molecule has 2 aromatic rings. The summed E-state index contributed by atoms with van der Waals surface area (Å²) in [5, 5.41) is 0.306. The van der Waals surface area contributed by atoms with E-state index in [-0.39, 0.29) is 41.7 Å². The molecule has 0 amide bonds. The second-order valence-electron chi connectivity index (χ2n) is 7.53. The van der Waals surface area contributed by atoms with E-state index in [0.717, 1.165) is 10.4 Å². The Balaban J connectivity index is 2.61. The molecular weight excluding hydrogens is 456 g/mol. The molecule has 0 fully saturated rings. The van der Waals surface area contributed by atoms with Gasteiger partial charge in [0, 0.05) is 23.9 Å². The number of rotatable bonds is 13. The van der Waals surface area contributed by atoms with Gasteiger partial charge in [-0.25, -0.2) is 25.6 Å². The van der Waals surface area contributed by atoms with Gasteiger partial charge in [0.25, 0.3) is 0 Å². The number of fused-ring (bicyclic) bond motifs is 1. The second kappa shape index (κ2) is 11.2. The van der Waals surface area contributed by atoms with Crippen LogP contribution in [0.1, 0.15) is 55.6 Å². The Morgan fingerprint density at radius 1 is 1.03 bits per heavy atom. The summed E-state index contributed by atoms with van der Waals surface area (Å²) in [4.78, 5) is 12.8. The molecule has 180 valence electrons. The molecule has 2 rings (SSSR count). The Hall–Kier alpha value is -2.11. The number of unbranched alkanes of at least 4 members (excludes halogenated alkanes) is 2. The first-order valence-electron chi connectivity index (χ1n) is 10.6. The van der Waals surface area contributed by atoms with Crippen LogP contribution in [0.3, 0.4) is 0 Å². The van der Waals surface area contributed by atoms with Crippen LogP contribution in [0.2, 0.25) is 0 Å². The number of carbonyl (C=O) groups is 1. The Labute approximate surface area is 190 Å². The molecule has 0 saturated carbocycles. The van der Waals surface area contributed by atoms with Gasteiger partial charge >= 0.3 is 5.97 Å². The van der Waals surface area contributed by atoms with Crippen molar-refractivity contribution < 1.29 is 31.1 Å². The molecule has 11 heteroatoms. The molecule has 0 bridgehead atoms. The fraction of sp³-hybridized carbons (Fsp3) is 0.571. The lowest BCUT2D eigenvalue weighted by Gasteiger charge is -2.10. The highest BCUT2D eigenvalue weighted by molar-refractivity contribution is 7.92. The van der Waals surface area contributed by atoms with Crippen molar-refractivity contribution in [3.05, 3.63) is 29.5 Å². The lowest BCUT2D eigenvalue weighted by atomic mass is 10.1. The molecule has 0 unspecified atom stereocenters. The van der Waals surface area contributed by atoms with Gasteiger partial charge in [-0.2, -0.15) is 0 Å². The number of benzene rings is 1. The van der Waals surface area contributed by atoms with E-state index in [4.69, 9.17) is 9.47 Å². The van der Waals surface area contributed by atoms with Crippen LogP contribution < -0.4 is 4.72 Å². The van der Waals surface area contributed by atoms with Crippen molar-refractivity contribution in [3.8, 4) is 0 Å². The molecule has 1 heterocycles. The zero-order chi connectivity index (χ0) is 23.9. The standard InChI is InChI=1S/C21H32N2O7S2/c1-5-7-13-31(25,26)22-17-9-10-19-18(15-17)20(21(24)30-12-11-29-4)16(3)23(19)32(27,28)14-8-6-2/h9-10,15,22H,5-8,11-14H2,1-4H3. The maximum Gasteiger partial charge on any atom is 0.340 e. The van der Waals surface area contributed by atoms with Gasteiger partial charge in [-0.05, 0) is 38.0 Å². The van der Waals surface area contributed by atoms with Crippen molar-refractivity contribution >= 4 is 42.6 Å². The van der Waals surface area contributed by atoms with Crippen LogP contribution in [0.15, 0.2) is 18.2 Å². The first-order valence-corrected chi connectivity index (χ1v) is 13.9. The van der Waals surface area contributed by atoms with Gasteiger partial charge in [-0.1, -0.05) is 26.7 Å². The van der Waals surface area contributed by atoms with Crippen molar-refractivity contribution in [2.24, 2.45) is 0 Å². The van der Waals surface area contributed by atoms with Gasteiger partial charge in [0.15, 0.2) is 0 Å². The average Bonchev–Trinajstić information content (AvgIpc) is 3.02. The van der Waals surface area contributed by atoms with E-state index in [9.17, 15) is 21.6 Å². The summed E-state index contributed by atoms with van der Waals surface area (Å²) in [5.74, 6) is -0.795. The molecule has 0 aliphatic rings. The number of ether oxygens (including phenoxy) is 2. The highest BCUT2D eigenvalue weighted by atomic mass is 32.2. The monoisotopic (exact) mass is 488 g/mol. The van der Waals surface area contributed by atoms with Crippen molar-refractivity contribution in [3.63, 3.8) is 0 Å². The van der Waals surface area contributed by atoms with Crippen molar-refractivity contribution in [2.75, 3.05) is 36.6 Å². The molecule has 1 aromatic heterocycles. The highest BCUT2D eigenvalue weighted by Crippen LogP contribution is 2.31. The predicted molar refractivity (Wildman–Crippen MR) is 125 cm³/mol. The molecule has 1 N–H and O–H groups in total. The van der Waals surface area contributed by atoms with Crippen LogP contribution in [-0.2, 0) is 29.5 Å². The van der Waals surface area contributed by atoms with Gasteiger partial charge in [0.2, 0.25) is 20.0 Å². The highest BCUT2D eigenvalue weighted by Gasteiger charge is 2.27. The minimum Gasteiger partial charge on any atom is -0.460 e. The summed E-state index contributed by atoms with van der Waals surface area (Å²) in [6, 6.07) is 4.48. The van der Waals surface area contributed by atoms with Crippen LogP contribution in [0.5, 0.6) is 0 Å². The first-order chi connectivity index (χ1) is 15.1. The minimum atomic E-state index is -3.73. The van der Waals surface area contributed by atoms with Gasteiger partial charge in [-0.3, -0.25) is 4.72 Å². The molecular formula is C21H32N2O7S2. The van der Waals surface area contributed by atoms with Gasteiger partial charge in [-0.15, -0.1) is 0 Å². The average molecular weight is 489 g/mol. The van der Waals surface area contributed by atoms with E-state index < -0.39 is 26.0 Å². The maximum absolute atomic E-state index is 13.0. The number of anilines is 1. The third kappa shape index (κ3) is 6.23. The summed E-state index contributed by atoms with van der Waals surface area (Å²) in [6.45, 7) is 5.54. The smallest absolute Gasteiger partial charge is 0.340 e. The lowest BCUT2D eigenvalue weighted by molar-refractivity contribution is 0.0389. The van der Waals surface area contributed by atoms with E-state index in [2.05, 4.69) is 4.72 Å². The van der Waals surface area contributed by atoms with Crippen LogP contribution in [-0.4, -0.2) is 58.6 Å². The zero-order valence-electron chi connectivity index (χ0n) is 19.0. The number of methoxy groups -OCH3 is 1. The Morgan fingerprint density at radius 3 is 2.31 bits per heavy atom. The molecule has 0 aliphatic carbocycles. The molecule has 0 radical (unpaired) electrons. The summed E-state index contributed by atoms with van der Waals surface area (Å²) in [6.07, 6.45) is 2.42. The summed E-state index contributed by atoms with van der Waals surface area (Å²) < 4.78 is 64.5. The number of nitrogens with zero attached hydrogens (tertiary/aromatic N) is 1. The molecule has 32 heavy (non-hydrogen) atoms. The van der Waals surface area contributed by atoms with E-state index in [0.29, 0.717) is 30.2 Å². The normalized spacial score (nSPS) is 12.2. The number of hydrogen-bond donors (Lipinski definition) is 1. The fourth-order valence-electron chi connectivity index (χ4n) is 3.34. The predicted octanol–water partition coefficient (Wildman–Crippen LogP) is 3.27. The van der Waals surface area contributed by atoms with Crippen molar-refractivity contribution in [1.82, 2.24) is 3.97 Å². The summed E-state index contributed by atoms with van der Waals surface area (Å²) >= 11 is 0. The van der Waals surface area contributed by atoms with Crippen LogP contribution in [0, 0.1) is 6.92 Å². The topological polar surface area (TPSA) is 121 Å². The molecule has 0 saturated heterocycles. The summed E-state index contributed by atoms with van der Waals surface area (Å²) in [5.41, 5.74) is 0.867. The van der Waals surface area contributed by atoms with Crippen molar-refractivity contribution in [1.29, 1.82) is 0 Å². The quantitative estimate of drug-likeness (QED) is 0.339. The molecule has 1 aromatic carbocycles. The Bertz CT molecular complexity index is 1150. The second-order valence-corrected chi connectivity index (χ2v) is 11.3. The van der Waals surface area contributed by atoms with E-state index in [1.54, 1.807) is 6.92 Å². The lowest BCUT2D eigenvalue weighted by Crippen LogP contribution is -2.19. The SMILES string of the molecule is CCCCS(=O)(=O)Nc1ccc2c(c1)c(C(=O)OCCOC)c(C)n2S(=O)(=O)CCCC. The zero-order valence-corrected chi connectivity index (χ0v) is 20.6. The molecule has 9 nitrogen and oxygen atoms in total. The number of aromatic nitrogens is 1. The van der Waals surface area contributed by atoms with Crippen LogP contribution >= 0.6 is 0 Å². The van der Waals surface area contributed by atoms with E-state index in [1.807, 2.05) is 13.8 Å². The Morgan fingerprint density at radius 2 is 1.69 bits per heavy atom. The molecule has 0 spiro atoms. The van der Waals surface area contributed by atoms with Crippen LogP contribution in [0.25, 0.3) is 10.9 Å². The number of carbonyl (C=O) groups excluding carboxylic acids is 1. The molecule has 0 aliphatic heterocycles. The minimum absolute atomic E-state index is 0.00731. The van der Waals surface area contributed by atoms with E-state index in [1.165, 1.54) is 25.3 Å². The first kappa shape index (κ1) is 26.1. The largest absolute Gasteiger partial charge is 0.460 e. The van der Waals surface area contributed by atoms with Gasteiger partial charge < -0.3 is 9.47 Å². The third-order valence-corrected chi connectivity index (χ3v) is 8.15. The number of esters is 1. The van der Waals surface area contributed by atoms with Crippen LogP contribution in [0.4, 0.5) is 5.69 Å². The number of sulfonamides is 1. The Kier molecular flexibility index (Phi) is 9.11.